The number of ether oxygens (including phenoxy) is 6. The van der Waals surface area contributed by atoms with Gasteiger partial charge in [0.05, 0.1) is 125 Å². The Morgan fingerprint density at radius 1 is 0.412 bits per heavy atom. The van der Waals surface area contributed by atoms with E-state index in [0.29, 0.717) is 116 Å². The van der Waals surface area contributed by atoms with E-state index in [9.17, 15) is 35.5 Å². The van der Waals surface area contributed by atoms with Crippen LogP contribution in [0.1, 0.15) is 249 Å². The van der Waals surface area contributed by atoms with Crippen LogP contribution in [0.2, 0.25) is 124 Å². The van der Waals surface area contributed by atoms with Crippen LogP contribution in [-0.2, 0) is 80.7 Å². The molecule has 4 aliphatic heterocycles. The smallest absolute Gasteiger partial charge is 0.275 e. The molecule has 4 saturated heterocycles. The number of alkyl halides is 1. The first-order chi connectivity index (χ1) is 68.4. The lowest BCUT2D eigenvalue weighted by atomic mass is 9.97. The van der Waals surface area contributed by atoms with Crippen molar-refractivity contribution in [2.75, 3.05) is 32.2 Å². The van der Waals surface area contributed by atoms with Gasteiger partial charge in [0.2, 0.25) is 0 Å². The molecule has 0 radical (unpaired) electrons. The van der Waals surface area contributed by atoms with Gasteiger partial charge >= 0.3 is 0 Å². The normalized spacial score (nSPS) is 21.7. The third kappa shape index (κ3) is 27.7. The number of para-hydroxylation sites is 2. The SMILES string of the molecule is CC(C)(C)[Si](C)(C)OC[C@H]1O[C@@H](n2cc(CCl)c3c(Cl)ncnc32)C[C@H]1O[Si](C)(C)C(C)(C)C.CC(C)(C)[Si](C)(C)OC[C@H]1O[C@@H](n2cc(CO)c3c(Cl)ncnc32)C[C@H]1O[Si](C)(C)C(C)(C)C.CC(C)C(OCc1cn([C@H]2C[C@@H](O)[C@@H](CO)O2)c2ncnc(N)c12)c1ccccc1[N+](=O)[O-].CC(C)C(OCc1cn([C@H]2C[C@@H](O[Si](C)(C)C(C)(C)C)[C@@H](CO[Si](C)(C)C(C)(C)C)O2)c2ncnc(Cl)c12)c1ccccc1[N+](=O)[O-]. The predicted molar refractivity (Wildman–Crippen MR) is 599 cm³/mol. The Hall–Kier alpha value is -6.62. The predicted octanol–water partition coefficient (Wildman–Crippen LogP) is 25.9. The monoisotopic (exact) mass is 2230 g/mol. The van der Waals surface area contributed by atoms with Crippen molar-refractivity contribution in [3.8, 4) is 0 Å². The molecule has 14 rings (SSSR count). The molecule has 0 spiro atoms. The summed E-state index contributed by atoms with van der Waals surface area (Å²) in [6, 6.07) is 13.3. The van der Waals surface area contributed by atoms with Crippen LogP contribution in [0.5, 0.6) is 0 Å². The third-order valence-electron chi connectivity index (χ3n) is 32.1. The number of halogens is 4. The lowest BCUT2D eigenvalue weighted by Crippen LogP contribution is -2.48. The van der Waals surface area contributed by atoms with Gasteiger partial charge in [-0.2, -0.15) is 0 Å². The summed E-state index contributed by atoms with van der Waals surface area (Å²) in [6.45, 7) is 76.8. The molecule has 4 fully saturated rings. The molecule has 12 heterocycles. The highest BCUT2D eigenvalue weighted by molar-refractivity contribution is 6.76. The summed E-state index contributed by atoms with van der Waals surface area (Å²) in [5, 5.41) is 57.1. The lowest BCUT2D eigenvalue weighted by molar-refractivity contribution is -0.386. The summed E-state index contributed by atoms with van der Waals surface area (Å²) >= 11 is 25.7. The first kappa shape index (κ1) is 122. The maximum atomic E-state index is 11.8. The number of benzene rings is 2. The van der Waals surface area contributed by atoms with E-state index in [1.54, 1.807) is 47.2 Å². The molecule has 820 valence electrons. The van der Waals surface area contributed by atoms with Crippen molar-refractivity contribution in [3.05, 3.63) is 168 Å². The van der Waals surface area contributed by atoms with Gasteiger partial charge in [0, 0.05) is 85.2 Å². The Bertz CT molecular complexity index is 6050. The summed E-state index contributed by atoms with van der Waals surface area (Å²) in [4.78, 5) is 57.1. The number of aliphatic hydroxyl groups excluding tert-OH is 3. The fourth-order valence-electron chi connectivity index (χ4n) is 17.0. The summed E-state index contributed by atoms with van der Waals surface area (Å²) in [7, 11) is -12.1. The van der Waals surface area contributed by atoms with E-state index in [2.05, 4.69) is 243 Å². The van der Waals surface area contributed by atoms with Crippen LogP contribution in [0.25, 0.3) is 44.1 Å². The van der Waals surface area contributed by atoms with Gasteiger partial charge in [0.25, 0.3) is 11.4 Å². The Morgan fingerprint density at radius 2 is 0.689 bits per heavy atom. The van der Waals surface area contributed by atoms with E-state index in [1.807, 2.05) is 60.0 Å². The Morgan fingerprint density at radius 3 is 0.986 bits per heavy atom. The van der Waals surface area contributed by atoms with E-state index < -0.39 is 85.5 Å². The van der Waals surface area contributed by atoms with Gasteiger partial charge < -0.3 is 94.3 Å². The zero-order valence-electron chi connectivity index (χ0n) is 93.2. The number of fused-ring (bicyclic) bond motifs is 4. The molecule has 44 heteroatoms. The van der Waals surface area contributed by atoms with Gasteiger partial charge in [-0.25, -0.2) is 39.9 Å². The van der Waals surface area contributed by atoms with E-state index in [0.717, 1.165) is 22.2 Å². The molecule has 0 saturated carbocycles. The van der Waals surface area contributed by atoms with E-state index >= 15 is 0 Å². The average molecular weight is 2240 g/mol. The van der Waals surface area contributed by atoms with E-state index in [1.165, 1.54) is 37.4 Å². The van der Waals surface area contributed by atoms with Crippen molar-refractivity contribution >= 4 is 158 Å². The number of rotatable bonds is 34. The van der Waals surface area contributed by atoms with Gasteiger partial charge in [-0.3, -0.25) is 20.2 Å². The van der Waals surface area contributed by atoms with Crippen LogP contribution >= 0.6 is 46.4 Å². The quantitative estimate of drug-likeness (QED) is 0.00956. The summed E-state index contributed by atoms with van der Waals surface area (Å²) < 4.78 is 86.9. The number of anilines is 1. The number of aromatic nitrogens is 12. The molecule has 34 nitrogen and oxygen atoms in total. The first-order valence-corrected chi connectivity index (χ1v) is 70.4. The second kappa shape index (κ2) is 47.6. The van der Waals surface area contributed by atoms with Gasteiger partial charge in [-0.05, 0) is 138 Å². The maximum Gasteiger partial charge on any atom is 0.275 e. The molecule has 0 aliphatic carbocycles. The molecule has 0 amide bonds. The number of nitro benzene ring substituents is 2. The number of nitrogen functional groups attached to an aromatic ring is 1. The van der Waals surface area contributed by atoms with Crippen molar-refractivity contribution in [1.82, 2.24) is 58.1 Å². The number of aliphatic hydroxyl groups is 3. The molecule has 4 aliphatic rings. The van der Waals surface area contributed by atoms with Crippen molar-refractivity contribution in [2.24, 2.45) is 11.8 Å². The largest absolute Gasteiger partial charge is 0.414 e. The molecular formula is C104H163Cl4N15O19Si6. The van der Waals surface area contributed by atoms with Gasteiger partial charge in [0.1, 0.15) is 119 Å². The molecule has 148 heavy (non-hydrogen) atoms. The standard InChI is InChI=1S/C34H53ClN4O6Si2.C24H41Cl2N3O3Si2.C24H42ClN3O4Si2.C22H27N5O6/c1-22(2)30(24-15-13-14-16-25(24)39(40)41)42-19-23-18-38(32-29(23)31(35)36-21-37-32)28-17-26(45-47(11,12)34(6,7)8)27(44-28)20-43-46(9,10)33(3,4)5;1-23(2,3)33(7,8)30-14-18-17(32-34(9,10)24(4,5)6)11-19(31-18)29-13-16(12-25)20-21(26)27-15-28-22(20)29;1-23(2,3)33(7,8)30-14-18-17(32-34(9,10)24(4,5)6)11-19(31-18)28-12-16(13-29)20-21(25)26-15-27-22(20)28;1-12(2)20(14-5-3-4-6-15(14)27(30)31)32-10-13-8-26(18-7-16(29)17(9-28)33-18)22-19(13)21(23)24-11-25-22/h13-16,18,21-22,26-28,30H,17,19-20H2,1-12H3;13,15,17-19H,11-12,14H2,1-10H3;12,15,17-19,29H,11,13-14H2,1-10H3;3-6,8,11-12,16-18,20,28-29H,7,9-10H2,1-2H3,(H2,23,24,25)/t26-,27-,28-,30?;2*17-,18-,19-;16-,17-,18-,20?/m1111/s1. The fourth-order valence-corrected chi connectivity index (χ4v) is 25.0. The highest BCUT2D eigenvalue weighted by Crippen LogP contribution is 2.51. The number of nitro groups is 2. The topological polar surface area (TPSA) is 407 Å². The molecule has 8 aromatic heterocycles. The first-order valence-electron chi connectivity index (χ1n) is 51.2. The Kier molecular flexibility index (Phi) is 39.1. The summed E-state index contributed by atoms with van der Waals surface area (Å²) in [5.74, 6) is 0.530. The number of hydrogen-bond acceptors (Lipinski definition) is 28. The van der Waals surface area contributed by atoms with Gasteiger partial charge in [-0.15, -0.1) is 11.6 Å². The van der Waals surface area contributed by atoms with Gasteiger partial charge in [-0.1, -0.05) is 211 Å². The number of nitrogens with two attached hydrogens (primary N) is 1. The number of nitrogens with zero attached hydrogens (tertiary/aromatic N) is 14. The minimum atomic E-state index is -2.14. The van der Waals surface area contributed by atoms with Crippen LogP contribution in [0.4, 0.5) is 17.2 Å². The highest BCUT2D eigenvalue weighted by Gasteiger charge is 2.53. The van der Waals surface area contributed by atoms with Crippen molar-refractivity contribution in [1.29, 1.82) is 0 Å². The second-order valence-corrected chi connectivity index (χ2v) is 79.4. The zero-order valence-corrected chi connectivity index (χ0v) is 102. The summed E-state index contributed by atoms with van der Waals surface area (Å²) in [5.41, 5.74) is 12.8. The number of hydrogen-bond donors (Lipinski definition) is 4. The van der Waals surface area contributed by atoms with Crippen molar-refractivity contribution in [2.45, 2.75) is 398 Å². The Balaban J connectivity index is 0.000000190. The zero-order chi connectivity index (χ0) is 110. The fraction of sp³-hybridized carbons (Fsp3) is 0.654. The minimum absolute atomic E-state index is 0.00450. The molecule has 14 atom stereocenters. The average Bonchev–Trinajstić information content (AvgIpc) is 1.72. The second-order valence-electron chi connectivity index (χ2n) is 49.3. The molecule has 0 bridgehead atoms. The van der Waals surface area contributed by atoms with E-state index in [-0.39, 0.29) is 152 Å². The summed E-state index contributed by atoms with van der Waals surface area (Å²) in [6.07, 6.45) is 10.7. The van der Waals surface area contributed by atoms with Crippen molar-refractivity contribution in [3.63, 3.8) is 0 Å². The molecule has 2 unspecified atom stereocenters. The maximum absolute atomic E-state index is 11.8. The van der Waals surface area contributed by atoms with Crippen LogP contribution in [0.3, 0.4) is 0 Å². The third-order valence-corrected chi connectivity index (χ3v) is 60.2. The molecule has 2 aromatic carbocycles. The highest BCUT2D eigenvalue weighted by atomic mass is 35.5. The molecule has 10 aromatic rings. The Labute approximate surface area is 899 Å². The van der Waals surface area contributed by atoms with Crippen LogP contribution in [0.15, 0.2) is 98.6 Å². The molecular weight excluding hydrogens is 2070 g/mol. The lowest BCUT2D eigenvalue weighted by Gasteiger charge is -2.40. The minimum Gasteiger partial charge on any atom is -0.414 e. The van der Waals surface area contributed by atoms with Crippen LogP contribution in [0, 0.1) is 32.1 Å². The molecule has 5 N–H and O–H groups in total. The van der Waals surface area contributed by atoms with Crippen LogP contribution < -0.4 is 5.73 Å². The van der Waals surface area contributed by atoms with Crippen LogP contribution in [-0.4, -0.2) is 208 Å². The van der Waals surface area contributed by atoms with E-state index in [4.69, 9.17) is 107 Å². The van der Waals surface area contributed by atoms with Gasteiger partial charge in [0.15, 0.2) is 49.9 Å². The van der Waals surface area contributed by atoms with Crippen molar-refractivity contribution < 1.29 is 80.1 Å².